The van der Waals surface area contributed by atoms with Crippen molar-refractivity contribution < 1.29 is 31.8 Å². The number of nitrogens with two attached hydrogens (primary N) is 1. The van der Waals surface area contributed by atoms with Gasteiger partial charge in [0.2, 0.25) is 0 Å². The van der Waals surface area contributed by atoms with Crippen LogP contribution in [-0.2, 0) is 11.2 Å². The highest BCUT2D eigenvalue weighted by Crippen LogP contribution is 2.48. The van der Waals surface area contributed by atoms with Gasteiger partial charge in [0.1, 0.15) is 17.7 Å². The van der Waals surface area contributed by atoms with Gasteiger partial charge >= 0.3 is 12.3 Å². The molecule has 1 amide bonds. The molecule has 4 nitrogen and oxygen atoms in total. The first kappa shape index (κ1) is 20.0. The number of rotatable bonds is 4. The minimum atomic E-state index is -4.51. The van der Waals surface area contributed by atoms with Gasteiger partial charge in [-0.05, 0) is 40.8 Å². The van der Waals surface area contributed by atoms with E-state index in [-0.39, 0.29) is 11.2 Å². The SMILES string of the molecule is CC1(C)Cc2cc(-c3cc(F)cc(OCC(F)(F)F)c3)ccc2[C@@H]1OC(N)=O. The number of hydrogen-bond acceptors (Lipinski definition) is 3. The van der Waals surface area contributed by atoms with E-state index in [0.717, 1.165) is 17.2 Å². The maximum atomic E-state index is 13.9. The van der Waals surface area contributed by atoms with E-state index in [1.165, 1.54) is 12.1 Å². The summed E-state index contributed by atoms with van der Waals surface area (Å²) in [4.78, 5) is 11.2. The fraction of sp³-hybridized carbons (Fsp3) is 0.350. The molecule has 1 aliphatic carbocycles. The molecule has 3 rings (SSSR count). The van der Waals surface area contributed by atoms with Crippen LogP contribution in [-0.4, -0.2) is 18.9 Å². The molecule has 0 aromatic heterocycles. The Morgan fingerprint density at radius 1 is 1.18 bits per heavy atom. The van der Waals surface area contributed by atoms with Crippen LogP contribution in [0.5, 0.6) is 5.75 Å². The third kappa shape index (κ3) is 4.37. The molecule has 28 heavy (non-hydrogen) atoms. The number of fused-ring (bicyclic) bond motifs is 1. The van der Waals surface area contributed by atoms with E-state index in [1.54, 1.807) is 12.1 Å². The first-order valence-electron chi connectivity index (χ1n) is 8.54. The Hall–Kier alpha value is -2.77. The van der Waals surface area contributed by atoms with E-state index >= 15 is 0 Å². The van der Waals surface area contributed by atoms with Crippen molar-refractivity contribution in [2.24, 2.45) is 11.1 Å². The fourth-order valence-electron chi connectivity index (χ4n) is 3.52. The lowest BCUT2D eigenvalue weighted by molar-refractivity contribution is -0.153. The molecule has 2 N–H and O–H groups in total. The second kappa shape index (κ2) is 7.00. The summed E-state index contributed by atoms with van der Waals surface area (Å²) >= 11 is 0. The molecule has 150 valence electrons. The van der Waals surface area contributed by atoms with Gasteiger partial charge in [-0.15, -0.1) is 0 Å². The maximum absolute atomic E-state index is 13.9. The average molecular weight is 397 g/mol. The second-order valence-electron chi connectivity index (χ2n) is 7.48. The van der Waals surface area contributed by atoms with Crippen LogP contribution in [0.3, 0.4) is 0 Å². The Kier molecular flexibility index (Phi) is 4.99. The van der Waals surface area contributed by atoms with Crippen LogP contribution < -0.4 is 10.5 Å². The molecule has 1 atom stereocenters. The fourth-order valence-corrected chi connectivity index (χ4v) is 3.52. The van der Waals surface area contributed by atoms with Crippen LogP contribution in [0, 0.1) is 11.2 Å². The molecule has 0 radical (unpaired) electrons. The topological polar surface area (TPSA) is 61.6 Å². The molecule has 0 heterocycles. The number of primary amides is 1. The van der Waals surface area contributed by atoms with Gasteiger partial charge < -0.3 is 15.2 Å². The second-order valence-corrected chi connectivity index (χ2v) is 7.48. The highest BCUT2D eigenvalue weighted by molar-refractivity contribution is 5.68. The Labute approximate surface area is 159 Å². The molecule has 0 saturated heterocycles. The van der Waals surface area contributed by atoms with Gasteiger partial charge in [-0.25, -0.2) is 9.18 Å². The lowest BCUT2D eigenvalue weighted by Gasteiger charge is -2.26. The van der Waals surface area contributed by atoms with Crippen LogP contribution >= 0.6 is 0 Å². The number of ether oxygens (including phenoxy) is 2. The number of alkyl halides is 3. The summed E-state index contributed by atoms with van der Waals surface area (Å²) in [5, 5.41) is 0. The molecule has 2 aromatic carbocycles. The number of hydrogen-bond donors (Lipinski definition) is 1. The van der Waals surface area contributed by atoms with Gasteiger partial charge in [0.25, 0.3) is 0 Å². The van der Waals surface area contributed by atoms with E-state index in [2.05, 4.69) is 4.74 Å². The van der Waals surface area contributed by atoms with Gasteiger partial charge in [0.15, 0.2) is 6.61 Å². The zero-order valence-electron chi connectivity index (χ0n) is 15.3. The summed E-state index contributed by atoms with van der Waals surface area (Å²) in [5.41, 5.74) is 7.50. The van der Waals surface area contributed by atoms with Crippen LogP contribution in [0.1, 0.15) is 31.1 Å². The first-order chi connectivity index (χ1) is 12.9. The summed E-state index contributed by atoms with van der Waals surface area (Å²) in [7, 11) is 0. The Morgan fingerprint density at radius 2 is 1.89 bits per heavy atom. The van der Waals surface area contributed by atoms with Crippen LogP contribution in [0.15, 0.2) is 36.4 Å². The summed E-state index contributed by atoms with van der Waals surface area (Å²) in [6, 6.07) is 8.74. The number of amides is 1. The first-order valence-corrected chi connectivity index (χ1v) is 8.54. The van der Waals surface area contributed by atoms with Crippen molar-refractivity contribution in [3.8, 4) is 16.9 Å². The molecule has 1 aliphatic rings. The van der Waals surface area contributed by atoms with Crippen molar-refractivity contribution in [1.82, 2.24) is 0 Å². The van der Waals surface area contributed by atoms with Crippen molar-refractivity contribution in [3.63, 3.8) is 0 Å². The van der Waals surface area contributed by atoms with Crippen LogP contribution in [0.25, 0.3) is 11.1 Å². The summed E-state index contributed by atoms with van der Waals surface area (Å²) in [6.07, 6.45) is -5.29. The monoisotopic (exact) mass is 397 g/mol. The minimum absolute atomic E-state index is 0.205. The van der Waals surface area contributed by atoms with Crippen LogP contribution in [0.2, 0.25) is 0 Å². The van der Waals surface area contributed by atoms with E-state index in [1.807, 2.05) is 19.9 Å². The number of benzene rings is 2. The molecule has 0 spiro atoms. The Balaban J connectivity index is 1.92. The molecule has 8 heteroatoms. The lowest BCUT2D eigenvalue weighted by atomic mass is 9.87. The standard InChI is InChI=1S/C20H19F4NO3/c1-19(2)9-13-5-11(3-4-16(13)17(19)28-18(25)26)12-6-14(21)8-15(7-12)27-10-20(22,23)24/h3-8,17H,9-10H2,1-2H3,(H2,25,26)/t17-/m0/s1. The molecule has 0 bridgehead atoms. The zero-order valence-corrected chi connectivity index (χ0v) is 15.3. The van der Waals surface area contributed by atoms with E-state index in [0.29, 0.717) is 17.5 Å². The quantitative estimate of drug-likeness (QED) is 0.726. The summed E-state index contributed by atoms with van der Waals surface area (Å²) in [5.74, 6) is -0.909. The smallest absolute Gasteiger partial charge is 0.422 e. The predicted molar refractivity (Wildman–Crippen MR) is 94.3 cm³/mol. The van der Waals surface area contributed by atoms with Crippen molar-refractivity contribution in [2.75, 3.05) is 6.61 Å². The third-order valence-corrected chi connectivity index (χ3v) is 4.62. The van der Waals surface area contributed by atoms with Crippen molar-refractivity contribution >= 4 is 6.09 Å². The number of carbonyl (C=O) groups is 1. The Bertz CT molecular complexity index is 909. The van der Waals surface area contributed by atoms with Crippen molar-refractivity contribution in [3.05, 3.63) is 53.3 Å². The lowest BCUT2D eigenvalue weighted by Crippen LogP contribution is -2.25. The molecular weight excluding hydrogens is 378 g/mol. The molecule has 2 aromatic rings. The van der Waals surface area contributed by atoms with Crippen molar-refractivity contribution in [1.29, 1.82) is 0 Å². The minimum Gasteiger partial charge on any atom is -0.484 e. The normalized spacial score (nSPS) is 17.9. The van der Waals surface area contributed by atoms with Gasteiger partial charge in [-0.3, -0.25) is 0 Å². The van der Waals surface area contributed by atoms with Gasteiger partial charge in [-0.1, -0.05) is 32.0 Å². The molecule has 0 saturated carbocycles. The Morgan fingerprint density at radius 3 is 2.54 bits per heavy atom. The molecule has 0 unspecified atom stereocenters. The summed E-state index contributed by atoms with van der Waals surface area (Å²) in [6.45, 7) is 2.37. The predicted octanol–water partition coefficient (Wildman–Crippen LogP) is 5.15. The van der Waals surface area contributed by atoms with Gasteiger partial charge in [-0.2, -0.15) is 13.2 Å². The number of carbonyl (C=O) groups excluding carboxylic acids is 1. The van der Waals surface area contributed by atoms with E-state index < -0.39 is 30.8 Å². The number of halogens is 4. The van der Waals surface area contributed by atoms with Gasteiger partial charge in [0.05, 0.1) is 0 Å². The molecular formula is C20H19F4NO3. The van der Waals surface area contributed by atoms with Crippen molar-refractivity contribution in [2.45, 2.75) is 32.5 Å². The average Bonchev–Trinajstić information content (AvgIpc) is 2.81. The molecule has 0 aliphatic heterocycles. The van der Waals surface area contributed by atoms with Gasteiger partial charge in [0, 0.05) is 11.5 Å². The molecule has 0 fully saturated rings. The van der Waals surface area contributed by atoms with E-state index in [9.17, 15) is 22.4 Å². The highest BCUT2D eigenvalue weighted by atomic mass is 19.4. The largest absolute Gasteiger partial charge is 0.484 e. The summed E-state index contributed by atoms with van der Waals surface area (Å²) < 4.78 is 60.9. The third-order valence-electron chi connectivity index (χ3n) is 4.62. The highest BCUT2D eigenvalue weighted by Gasteiger charge is 2.41. The zero-order chi connectivity index (χ0) is 20.7. The van der Waals surface area contributed by atoms with E-state index in [4.69, 9.17) is 10.5 Å². The van der Waals surface area contributed by atoms with Crippen LogP contribution in [0.4, 0.5) is 22.4 Å². The maximum Gasteiger partial charge on any atom is 0.422 e.